The number of ketones is 1. The van der Waals surface area contributed by atoms with Gasteiger partial charge < -0.3 is 0 Å². The smallest absolute Gasteiger partial charge is 0.154 e. The summed E-state index contributed by atoms with van der Waals surface area (Å²) in [4.78, 5) is 12.2. The number of Topliss-reactive ketones (excluding diaryl/α,β-unsaturated/α-hetero) is 1. The molecule has 1 aromatic carbocycles. The van der Waals surface area contributed by atoms with E-state index in [1.807, 2.05) is 20.8 Å². The van der Waals surface area contributed by atoms with Gasteiger partial charge in [-0.3, -0.25) is 4.79 Å². The first kappa shape index (κ1) is 15.8. The quantitative estimate of drug-likeness (QED) is 0.756. The molecule has 2 atom stereocenters. The monoisotopic (exact) mass is 283 g/mol. The van der Waals surface area contributed by atoms with E-state index in [1.54, 1.807) is 0 Å². The summed E-state index contributed by atoms with van der Waals surface area (Å²) >= 11 is 0. The first-order valence-electron chi connectivity index (χ1n) is 7.59. The van der Waals surface area contributed by atoms with Gasteiger partial charge in [0.15, 0.2) is 5.78 Å². The predicted octanol–water partition coefficient (Wildman–Crippen LogP) is 4.60. The molecule has 0 N–H and O–H groups in total. The standard InChI is InChI=1S/C19H25NO/c1-17(2,3)14-9-7-13(8-10-14)15-11-16(21)19(15,12-20)18(4,5)6/h7-10,15H,11H2,1-6H3/t15-,19+/m1/s1. The molecule has 0 radical (unpaired) electrons. The van der Waals surface area contributed by atoms with Crippen molar-refractivity contribution >= 4 is 5.78 Å². The number of benzene rings is 1. The molecule has 1 fully saturated rings. The van der Waals surface area contributed by atoms with E-state index in [0.29, 0.717) is 6.42 Å². The summed E-state index contributed by atoms with van der Waals surface area (Å²) in [6, 6.07) is 10.8. The summed E-state index contributed by atoms with van der Waals surface area (Å²) in [7, 11) is 0. The molecule has 0 aromatic heterocycles. The van der Waals surface area contributed by atoms with Crippen LogP contribution in [0.1, 0.15) is 65.0 Å². The maximum absolute atomic E-state index is 12.2. The Morgan fingerprint density at radius 3 is 1.95 bits per heavy atom. The number of nitriles is 1. The molecule has 0 amide bonds. The number of carbonyl (C=O) groups excluding carboxylic acids is 1. The van der Waals surface area contributed by atoms with Gasteiger partial charge in [-0.2, -0.15) is 5.26 Å². The fourth-order valence-corrected chi connectivity index (χ4v) is 3.39. The number of nitrogens with zero attached hydrogens (tertiary/aromatic N) is 1. The summed E-state index contributed by atoms with van der Waals surface area (Å²) in [5, 5.41) is 9.69. The van der Waals surface area contributed by atoms with Gasteiger partial charge in [0, 0.05) is 12.3 Å². The normalized spacial score (nSPS) is 26.1. The van der Waals surface area contributed by atoms with E-state index >= 15 is 0 Å². The van der Waals surface area contributed by atoms with E-state index < -0.39 is 5.41 Å². The zero-order valence-corrected chi connectivity index (χ0v) is 13.9. The van der Waals surface area contributed by atoms with Gasteiger partial charge in [-0.05, 0) is 22.0 Å². The topological polar surface area (TPSA) is 40.9 Å². The summed E-state index contributed by atoms with van der Waals surface area (Å²) in [5.41, 5.74) is 1.28. The molecule has 1 saturated carbocycles. The highest BCUT2D eigenvalue weighted by molar-refractivity contribution is 5.97. The van der Waals surface area contributed by atoms with E-state index in [0.717, 1.165) is 5.56 Å². The molecule has 0 spiro atoms. The molecule has 2 nitrogen and oxygen atoms in total. The van der Waals surface area contributed by atoms with Gasteiger partial charge in [-0.15, -0.1) is 0 Å². The predicted molar refractivity (Wildman–Crippen MR) is 85.0 cm³/mol. The fourth-order valence-electron chi connectivity index (χ4n) is 3.39. The van der Waals surface area contributed by atoms with E-state index in [4.69, 9.17) is 0 Å². The van der Waals surface area contributed by atoms with Crippen molar-refractivity contribution < 1.29 is 4.79 Å². The van der Waals surface area contributed by atoms with Gasteiger partial charge in [-0.1, -0.05) is 65.8 Å². The van der Waals surface area contributed by atoms with Crippen molar-refractivity contribution in [3.8, 4) is 6.07 Å². The summed E-state index contributed by atoms with van der Waals surface area (Å²) in [6.45, 7) is 12.5. The third-order valence-electron chi connectivity index (χ3n) is 4.89. The molecule has 1 aromatic rings. The van der Waals surface area contributed by atoms with Crippen LogP contribution in [0.2, 0.25) is 0 Å². The van der Waals surface area contributed by atoms with E-state index in [-0.39, 0.29) is 22.5 Å². The van der Waals surface area contributed by atoms with Crippen LogP contribution >= 0.6 is 0 Å². The van der Waals surface area contributed by atoms with Crippen molar-refractivity contribution in [3.05, 3.63) is 35.4 Å². The van der Waals surface area contributed by atoms with Gasteiger partial charge >= 0.3 is 0 Å². The van der Waals surface area contributed by atoms with Crippen LogP contribution in [0.3, 0.4) is 0 Å². The average molecular weight is 283 g/mol. The molecule has 0 heterocycles. The lowest BCUT2D eigenvalue weighted by atomic mass is 9.47. The molecule has 0 unspecified atom stereocenters. The second kappa shape index (κ2) is 4.70. The lowest BCUT2D eigenvalue weighted by molar-refractivity contribution is -0.144. The number of hydrogen-bond acceptors (Lipinski definition) is 2. The van der Waals surface area contributed by atoms with Crippen LogP contribution in [0.15, 0.2) is 24.3 Å². The van der Waals surface area contributed by atoms with Crippen LogP contribution in [0.5, 0.6) is 0 Å². The third-order valence-corrected chi connectivity index (χ3v) is 4.89. The van der Waals surface area contributed by atoms with Crippen LogP contribution in [0, 0.1) is 22.2 Å². The molecule has 1 aliphatic rings. The maximum atomic E-state index is 12.2. The summed E-state index contributed by atoms with van der Waals surface area (Å²) in [6.07, 6.45) is 0.486. The van der Waals surface area contributed by atoms with Crippen LogP contribution in [-0.4, -0.2) is 5.78 Å². The molecule has 2 heteroatoms. The molecule has 112 valence electrons. The molecule has 2 rings (SSSR count). The van der Waals surface area contributed by atoms with Crippen molar-refractivity contribution in [2.24, 2.45) is 10.8 Å². The molecule has 0 bridgehead atoms. The SMILES string of the molecule is CC(C)(C)c1ccc([C@H]2CC(=O)[C@@]2(C#N)C(C)(C)C)cc1. The van der Waals surface area contributed by atoms with Crippen molar-refractivity contribution in [1.29, 1.82) is 5.26 Å². The molecule has 0 saturated heterocycles. The largest absolute Gasteiger partial charge is 0.298 e. The van der Waals surface area contributed by atoms with Gasteiger partial charge in [0.2, 0.25) is 0 Å². The maximum Gasteiger partial charge on any atom is 0.154 e. The Balaban J connectivity index is 2.40. The minimum absolute atomic E-state index is 0.0176. The lowest BCUT2D eigenvalue weighted by Crippen LogP contribution is -2.55. The Labute approximate surface area is 128 Å². The minimum atomic E-state index is -0.879. The lowest BCUT2D eigenvalue weighted by Gasteiger charge is -2.51. The molecule has 1 aliphatic carbocycles. The van der Waals surface area contributed by atoms with Gasteiger partial charge in [0.05, 0.1) is 6.07 Å². The highest BCUT2D eigenvalue weighted by Crippen LogP contribution is 2.59. The second-order valence-corrected chi connectivity index (χ2v) is 8.22. The molecular weight excluding hydrogens is 258 g/mol. The first-order valence-corrected chi connectivity index (χ1v) is 7.59. The van der Waals surface area contributed by atoms with Crippen LogP contribution in [0.4, 0.5) is 0 Å². The Morgan fingerprint density at radius 2 is 1.62 bits per heavy atom. The second-order valence-electron chi connectivity index (χ2n) is 8.22. The van der Waals surface area contributed by atoms with Gasteiger partial charge in [0.1, 0.15) is 5.41 Å². The number of rotatable bonds is 1. The van der Waals surface area contributed by atoms with Crippen molar-refractivity contribution in [1.82, 2.24) is 0 Å². The fraction of sp³-hybridized carbons (Fsp3) is 0.579. The Bertz CT molecular complexity index is 592. The van der Waals surface area contributed by atoms with Crippen LogP contribution in [0.25, 0.3) is 0 Å². The Kier molecular flexibility index (Phi) is 3.53. The zero-order valence-electron chi connectivity index (χ0n) is 13.9. The zero-order chi connectivity index (χ0) is 16.1. The van der Waals surface area contributed by atoms with Crippen molar-refractivity contribution in [2.75, 3.05) is 0 Å². The van der Waals surface area contributed by atoms with Crippen LogP contribution in [-0.2, 0) is 10.2 Å². The highest BCUT2D eigenvalue weighted by Gasteiger charge is 2.62. The number of hydrogen-bond donors (Lipinski definition) is 0. The summed E-state index contributed by atoms with van der Waals surface area (Å²) in [5.74, 6) is 0.103. The highest BCUT2D eigenvalue weighted by atomic mass is 16.1. The van der Waals surface area contributed by atoms with Gasteiger partial charge in [0.25, 0.3) is 0 Å². The average Bonchev–Trinajstić information content (AvgIpc) is 2.34. The Hall–Kier alpha value is -1.62. The van der Waals surface area contributed by atoms with E-state index in [1.165, 1.54) is 5.56 Å². The van der Waals surface area contributed by atoms with Crippen molar-refractivity contribution in [3.63, 3.8) is 0 Å². The van der Waals surface area contributed by atoms with E-state index in [9.17, 15) is 10.1 Å². The number of carbonyl (C=O) groups is 1. The Morgan fingerprint density at radius 1 is 1.10 bits per heavy atom. The molecule has 0 aliphatic heterocycles. The third kappa shape index (κ3) is 2.29. The first-order chi connectivity index (χ1) is 9.54. The van der Waals surface area contributed by atoms with E-state index in [2.05, 4.69) is 51.1 Å². The molecular formula is C19H25NO. The minimum Gasteiger partial charge on any atom is -0.298 e. The van der Waals surface area contributed by atoms with Crippen molar-refractivity contribution in [2.45, 2.75) is 59.3 Å². The summed E-state index contributed by atoms with van der Waals surface area (Å²) < 4.78 is 0. The molecule has 21 heavy (non-hydrogen) atoms. The van der Waals surface area contributed by atoms with Crippen LogP contribution < -0.4 is 0 Å². The van der Waals surface area contributed by atoms with Gasteiger partial charge in [-0.25, -0.2) is 0 Å².